The molecule has 32 heavy (non-hydrogen) atoms. The zero-order chi connectivity index (χ0) is 21.9. The predicted molar refractivity (Wildman–Crippen MR) is 118 cm³/mol. The average Bonchev–Trinajstić information content (AvgIpc) is 3.32. The number of nitrogens with zero attached hydrogens (tertiary/aromatic N) is 4. The molecule has 160 valence electrons. The van der Waals surface area contributed by atoms with E-state index in [2.05, 4.69) is 20.8 Å². The van der Waals surface area contributed by atoms with Gasteiger partial charge in [0.05, 0.1) is 7.11 Å². The number of benzene rings is 3. The fourth-order valence-electron chi connectivity index (χ4n) is 3.61. The Bertz CT molecular complexity index is 1260. The molecule has 0 saturated carbocycles. The van der Waals surface area contributed by atoms with E-state index in [0.29, 0.717) is 24.1 Å². The molecule has 0 spiro atoms. The molecule has 0 fully saturated rings. The zero-order valence-electron chi connectivity index (χ0n) is 17.3. The molecule has 0 bridgehead atoms. The van der Waals surface area contributed by atoms with E-state index in [9.17, 15) is 4.39 Å². The fraction of sp³-hybridized carbons (Fsp3) is 0.125. The highest BCUT2D eigenvalue weighted by Gasteiger charge is 2.25. The lowest BCUT2D eigenvalue weighted by molar-refractivity contribution is 0.284. The quantitative estimate of drug-likeness (QED) is 0.488. The monoisotopic (exact) mass is 429 g/mol. The van der Waals surface area contributed by atoms with Crippen LogP contribution < -0.4 is 14.8 Å². The van der Waals surface area contributed by atoms with Crippen LogP contribution in [0.25, 0.3) is 5.70 Å². The van der Waals surface area contributed by atoms with Crippen molar-refractivity contribution >= 4 is 11.6 Å². The van der Waals surface area contributed by atoms with Gasteiger partial charge in [0.1, 0.15) is 18.5 Å². The Morgan fingerprint density at radius 2 is 1.81 bits per heavy atom. The lowest BCUT2D eigenvalue weighted by Crippen LogP contribution is -2.20. The highest BCUT2D eigenvalue weighted by molar-refractivity contribution is 5.77. The van der Waals surface area contributed by atoms with Crippen molar-refractivity contribution in [1.29, 1.82) is 0 Å². The largest absolute Gasteiger partial charge is 0.493 e. The Morgan fingerprint density at radius 3 is 2.59 bits per heavy atom. The lowest BCUT2D eigenvalue weighted by Gasteiger charge is -2.24. The number of hydrogen-bond acceptors (Lipinski definition) is 6. The summed E-state index contributed by atoms with van der Waals surface area (Å²) in [5.74, 6) is 1.47. The fourth-order valence-corrected chi connectivity index (χ4v) is 3.61. The molecule has 1 aliphatic rings. The molecule has 1 aromatic heterocycles. The van der Waals surface area contributed by atoms with E-state index in [4.69, 9.17) is 9.47 Å². The Hall–Kier alpha value is -4.20. The van der Waals surface area contributed by atoms with Crippen molar-refractivity contribution in [2.45, 2.75) is 12.6 Å². The number of hydrogen-bond donors (Lipinski definition) is 1. The van der Waals surface area contributed by atoms with Gasteiger partial charge in [0.25, 0.3) is 0 Å². The summed E-state index contributed by atoms with van der Waals surface area (Å²) in [6, 6.07) is 21.7. The molecule has 0 saturated heterocycles. The molecule has 1 unspecified atom stereocenters. The molecule has 0 aliphatic carbocycles. The van der Waals surface area contributed by atoms with E-state index < -0.39 is 0 Å². The van der Waals surface area contributed by atoms with E-state index in [1.165, 1.54) is 12.1 Å². The summed E-state index contributed by atoms with van der Waals surface area (Å²) in [6.45, 7) is 0.416. The predicted octanol–water partition coefficient (Wildman–Crippen LogP) is 4.46. The van der Waals surface area contributed by atoms with Crippen LogP contribution in [0.15, 0.2) is 78.9 Å². The molecule has 5 rings (SSSR count). The molecule has 0 amide bonds. The normalized spacial score (nSPS) is 14.8. The highest BCUT2D eigenvalue weighted by atomic mass is 19.1. The second-order valence-corrected chi connectivity index (χ2v) is 7.29. The third kappa shape index (κ3) is 3.90. The Morgan fingerprint density at radius 1 is 1.00 bits per heavy atom. The smallest absolute Gasteiger partial charge is 0.248 e. The van der Waals surface area contributed by atoms with Gasteiger partial charge in [0.15, 0.2) is 11.5 Å². The first kappa shape index (κ1) is 19.7. The van der Waals surface area contributed by atoms with E-state index >= 15 is 0 Å². The Balaban J connectivity index is 1.50. The first-order chi connectivity index (χ1) is 15.7. The topological polar surface area (TPSA) is 74.1 Å². The maximum Gasteiger partial charge on any atom is 0.248 e. The number of aromatic nitrogens is 4. The number of anilines is 1. The molecule has 8 heteroatoms. The molecule has 4 aromatic rings. The molecular formula is C24H20FN5O2. The molecular weight excluding hydrogens is 409 g/mol. The van der Waals surface area contributed by atoms with Crippen LogP contribution in [0.3, 0.4) is 0 Å². The number of ether oxygens (including phenoxy) is 2. The van der Waals surface area contributed by atoms with Crippen molar-refractivity contribution < 1.29 is 13.9 Å². The Kier molecular flexibility index (Phi) is 5.25. The molecule has 2 heterocycles. The first-order valence-corrected chi connectivity index (χ1v) is 10.1. The lowest BCUT2D eigenvalue weighted by atomic mass is 10.0. The van der Waals surface area contributed by atoms with Crippen LogP contribution in [0.1, 0.15) is 22.7 Å². The summed E-state index contributed by atoms with van der Waals surface area (Å²) < 4.78 is 26.7. The summed E-state index contributed by atoms with van der Waals surface area (Å²) in [4.78, 5) is 0. The van der Waals surface area contributed by atoms with Gasteiger partial charge in [-0.2, -0.15) is 4.68 Å². The number of allylic oxidation sites excluding steroid dienone is 1. The third-order valence-corrected chi connectivity index (χ3v) is 5.25. The number of methoxy groups -OCH3 is 1. The molecule has 1 aliphatic heterocycles. The van der Waals surface area contributed by atoms with Crippen LogP contribution in [0.5, 0.6) is 11.5 Å². The van der Waals surface area contributed by atoms with Crippen molar-refractivity contribution in [3.05, 3.63) is 101 Å². The number of halogens is 1. The van der Waals surface area contributed by atoms with Gasteiger partial charge in [-0.15, -0.1) is 0 Å². The summed E-state index contributed by atoms with van der Waals surface area (Å²) in [6.07, 6.45) is 2.00. The highest BCUT2D eigenvalue weighted by Crippen LogP contribution is 2.36. The number of tetrazole rings is 1. The van der Waals surface area contributed by atoms with E-state index in [1.807, 2.05) is 54.6 Å². The molecule has 1 atom stereocenters. The number of rotatable bonds is 6. The van der Waals surface area contributed by atoms with Gasteiger partial charge < -0.3 is 14.8 Å². The summed E-state index contributed by atoms with van der Waals surface area (Å²) >= 11 is 0. The number of fused-ring (bicyclic) bond motifs is 1. The van der Waals surface area contributed by atoms with Gasteiger partial charge in [-0.05, 0) is 69.6 Å². The summed E-state index contributed by atoms with van der Waals surface area (Å²) in [5, 5.41) is 15.2. The second-order valence-electron chi connectivity index (χ2n) is 7.29. The van der Waals surface area contributed by atoms with Gasteiger partial charge in [-0.25, -0.2) is 4.39 Å². The maximum absolute atomic E-state index is 13.4. The molecule has 1 N–H and O–H groups in total. The SMILES string of the molecule is COc1ccc(C2C=C(c3ccc(F)cc3)Nc3nnnn32)cc1OCc1ccccc1. The zero-order valence-corrected chi connectivity index (χ0v) is 17.3. The Labute approximate surface area is 184 Å². The van der Waals surface area contributed by atoms with Gasteiger partial charge in [-0.3, -0.25) is 0 Å². The molecule has 7 nitrogen and oxygen atoms in total. The van der Waals surface area contributed by atoms with E-state index in [1.54, 1.807) is 23.9 Å². The van der Waals surface area contributed by atoms with Gasteiger partial charge in [0.2, 0.25) is 5.95 Å². The van der Waals surface area contributed by atoms with Crippen LogP contribution in [-0.4, -0.2) is 27.3 Å². The van der Waals surface area contributed by atoms with Crippen LogP contribution in [0.4, 0.5) is 10.3 Å². The van der Waals surface area contributed by atoms with E-state index in [-0.39, 0.29) is 11.9 Å². The van der Waals surface area contributed by atoms with Crippen molar-refractivity contribution in [1.82, 2.24) is 20.2 Å². The van der Waals surface area contributed by atoms with Gasteiger partial charge in [-0.1, -0.05) is 41.5 Å². The van der Waals surface area contributed by atoms with Crippen LogP contribution in [0, 0.1) is 5.82 Å². The average molecular weight is 429 g/mol. The third-order valence-electron chi connectivity index (χ3n) is 5.25. The van der Waals surface area contributed by atoms with Gasteiger partial charge >= 0.3 is 0 Å². The maximum atomic E-state index is 13.4. The minimum absolute atomic E-state index is 0.286. The van der Waals surface area contributed by atoms with E-state index in [0.717, 1.165) is 22.4 Å². The van der Waals surface area contributed by atoms with Crippen LogP contribution in [-0.2, 0) is 6.61 Å². The van der Waals surface area contributed by atoms with Crippen molar-refractivity contribution in [2.24, 2.45) is 0 Å². The minimum Gasteiger partial charge on any atom is -0.493 e. The molecule has 3 aromatic carbocycles. The second kappa shape index (κ2) is 8.50. The van der Waals surface area contributed by atoms with Gasteiger partial charge in [0, 0.05) is 5.70 Å². The summed E-state index contributed by atoms with van der Waals surface area (Å²) in [5.41, 5.74) is 3.60. The number of nitrogens with one attached hydrogen (secondary N) is 1. The van der Waals surface area contributed by atoms with Crippen molar-refractivity contribution in [3.8, 4) is 11.5 Å². The standard InChI is InChI=1S/C24H20FN5O2/c1-31-22-12-9-18(13-23(22)32-15-16-5-3-2-4-6-16)21-14-20(17-7-10-19(25)11-8-17)26-24-27-28-29-30(21)24/h2-14,21H,15H2,1H3,(H,26,27,29). The van der Waals surface area contributed by atoms with Crippen molar-refractivity contribution in [3.63, 3.8) is 0 Å². The van der Waals surface area contributed by atoms with Crippen molar-refractivity contribution in [2.75, 3.05) is 12.4 Å². The van der Waals surface area contributed by atoms with Crippen LogP contribution >= 0.6 is 0 Å². The minimum atomic E-state index is -0.290. The molecule has 0 radical (unpaired) electrons. The van der Waals surface area contributed by atoms with Crippen LogP contribution in [0.2, 0.25) is 0 Å². The summed E-state index contributed by atoms with van der Waals surface area (Å²) in [7, 11) is 1.61. The first-order valence-electron chi connectivity index (χ1n) is 10.1.